The van der Waals surface area contributed by atoms with Crippen LogP contribution in [0.5, 0.6) is 0 Å². The first-order chi connectivity index (χ1) is 16.1. The number of aryl methyl sites for hydroxylation is 1. The third-order valence-electron chi connectivity index (χ3n) is 5.75. The average Bonchev–Trinajstić information content (AvgIpc) is 3.40. The summed E-state index contributed by atoms with van der Waals surface area (Å²) in [7, 11) is 0. The van der Waals surface area contributed by atoms with Crippen molar-refractivity contribution < 1.29 is 26.3 Å². The molecule has 0 spiro atoms. The maximum Gasteiger partial charge on any atom is 0.416 e. The summed E-state index contributed by atoms with van der Waals surface area (Å²) in [5, 5.41) is 9.58. The van der Waals surface area contributed by atoms with E-state index < -0.39 is 23.5 Å². The van der Waals surface area contributed by atoms with Crippen molar-refractivity contribution in [1.82, 2.24) is 19.6 Å². The number of halogens is 6. The smallest absolute Gasteiger partial charge is 0.341 e. The molecule has 0 saturated heterocycles. The normalized spacial score (nSPS) is 12.7. The molecule has 0 N–H and O–H groups in total. The molecule has 3 aromatic carbocycles. The van der Waals surface area contributed by atoms with E-state index in [1.165, 1.54) is 4.68 Å². The summed E-state index contributed by atoms with van der Waals surface area (Å²) in [5.41, 5.74) is -0.641. The van der Waals surface area contributed by atoms with Gasteiger partial charge in [0.1, 0.15) is 0 Å². The zero-order valence-electron chi connectivity index (χ0n) is 17.6. The molecule has 0 bridgehead atoms. The van der Waals surface area contributed by atoms with Gasteiger partial charge in [0.15, 0.2) is 0 Å². The fraction of sp³-hybridized carbons (Fsp3) is 0.167. The lowest BCUT2D eigenvalue weighted by atomic mass is 10.0. The summed E-state index contributed by atoms with van der Waals surface area (Å²) in [5.74, 6) is 0. The summed E-state index contributed by atoms with van der Waals surface area (Å²) in [6, 6.07) is 14.6. The second-order valence-electron chi connectivity index (χ2n) is 7.79. The number of para-hydroxylation sites is 1. The standard InChI is InChI=1S/C24H16F6N4/c1-2-33-20-6-4-3-5-18(20)19-12-17(7-8-21(19)33)34-22(13-31-32-34)14-9-15(23(25,26)27)11-16(10-14)24(28,29)30/h3-13H,2H2,1H3. The molecule has 174 valence electrons. The Hall–Kier alpha value is -3.82. The van der Waals surface area contributed by atoms with E-state index in [-0.39, 0.29) is 17.3 Å². The maximum atomic E-state index is 13.4. The Morgan fingerprint density at radius 3 is 2.06 bits per heavy atom. The molecule has 0 radical (unpaired) electrons. The lowest BCUT2D eigenvalue weighted by molar-refractivity contribution is -0.143. The van der Waals surface area contributed by atoms with Gasteiger partial charge in [0.25, 0.3) is 0 Å². The lowest BCUT2D eigenvalue weighted by Crippen LogP contribution is -2.11. The Morgan fingerprint density at radius 2 is 1.41 bits per heavy atom. The van der Waals surface area contributed by atoms with Crippen molar-refractivity contribution in [3.8, 4) is 16.9 Å². The largest absolute Gasteiger partial charge is 0.416 e. The highest BCUT2D eigenvalue weighted by Gasteiger charge is 2.37. The second kappa shape index (κ2) is 7.61. The Labute approximate surface area is 189 Å². The van der Waals surface area contributed by atoms with Crippen LogP contribution in [-0.2, 0) is 18.9 Å². The molecule has 0 aliphatic carbocycles. The van der Waals surface area contributed by atoms with Crippen LogP contribution in [0.15, 0.2) is 66.9 Å². The molecule has 2 aromatic heterocycles. The van der Waals surface area contributed by atoms with Crippen LogP contribution in [0.1, 0.15) is 18.1 Å². The SMILES string of the molecule is CCn1c2ccccc2c2cc(-n3nncc3-c3cc(C(F)(F)F)cc(C(F)(F)F)c3)ccc21. The second-order valence-corrected chi connectivity index (χ2v) is 7.79. The molecule has 5 aromatic rings. The molecular weight excluding hydrogens is 458 g/mol. The van der Waals surface area contributed by atoms with Crippen LogP contribution in [0.4, 0.5) is 26.3 Å². The van der Waals surface area contributed by atoms with Gasteiger partial charge in [-0.3, -0.25) is 0 Å². The van der Waals surface area contributed by atoms with Crippen molar-refractivity contribution in [3.05, 3.63) is 78.0 Å². The topological polar surface area (TPSA) is 35.6 Å². The number of hydrogen-bond acceptors (Lipinski definition) is 2. The van der Waals surface area contributed by atoms with Gasteiger partial charge >= 0.3 is 12.4 Å². The van der Waals surface area contributed by atoms with Crippen molar-refractivity contribution in [3.63, 3.8) is 0 Å². The molecular formula is C24H16F6N4. The van der Waals surface area contributed by atoms with Crippen molar-refractivity contribution in [2.45, 2.75) is 25.8 Å². The van der Waals surface area contributed by atoms with E-state index in [0.717, 1.165) is 34.5 Å². The molecule has 10 heteroatoms. The van der Waals surface area contributed by atoms with Crippen LogP contribution >= 0.6 is 0 Å². The zero-order valence-corrected chi connectivity index (χ0v) is 17.6. The summed E-state index contributed by atoms with van der Waals surface area (Å²) in [4.78, 5) is 0. The lowest BCUT2D eigenvalue weighted by Gasteiger charge is -2.15. The highest BCUT2D eigenvalue weighted by molar-refractivity contribution is 6.08. The van der Waals surface area contributed by atoms with E-state index in [2.05, 4.69) is 14.9 Å². The van der Waals surface area contributed by atoms with Gasteiger partial charge in [-0.05, 0) is 49.4 Å². The maximum absolute atomic E-state index is 13.4. The minimum absolute atomic E-state index is 0.00943. The molecule has 0 amide bonds. The number of hydrogen-bond donors (Lipinski definition) is 0. The van der Waals surface area contributed by atoms with Crippen molar-refractivity contribution in [2.24, 2.45) is 0 Å². The molecule has 34 heavy (non-hydrogen) atoms. The summed E-state index contributed by atoms with van der Waals surface area (Å²) in [6.45, 7) is 2.74. The van der Waals surface area contributed by atoms with Crippen LogP contribution in [0.2, 0.25) is 0 Å². The van der Waals surface area contributed by atoms with Crippen LogP contribution in [-0.4, -0.2) is 19.6 Å². The fourth-order valence-electron chi connectivity index (χ4n) is 4.24. The van der Waals surface area contributed by atoms with Gasteiger partial charge in [0, 0.05) is 33.9 Å². The Bertz CT molecular complexity index is 1490. The minimum atomic E-state index is -4.95. The Balaban J connectivity index is 1.71. The van der Waals surface area contributed by atoms with E-state index in [0.29, 0.717) is 17.8 Å². The number of benzene rings is 3. The molecule has 0 aliphatic heterocycles. The van der Waals surface area contributed by atoms with Gasteiger partial charge in [-0.25, -0.2) is 4.68 Å². The monoisotopic (exact) mass is 474 g/mol. The first-order valence-electron chi connectivity index (χ1n) is 10.3. The van der Waals surface area contributed by atoms with Crippen LogP contribution in [0, 0.1) is 0 Å². The van der Waals surface area contributed by atoms with E-state index in [4.69, 9.17) is 0 Å². The first-order valence-corrected chi connectivity index (χ1v) is 10.3. The molecule has 2 heterocycles. The number of rotatable bonds is 3. The van der Waals surface area contributed by atoms with E-state index in [9.17, 15) is 26.3 Å². The summed E-state index contributed by atoms with van der Waals surface area (Å²) in [6.07, 6.45) is -8.75. The van der Waals surface area contributed by atoms with Gasteiger partial charge < -0.3 is 4.57 Å². The van der Waals surface area contributed by atoms with E-state index in [1.807, 2.05) is 37.3 Å². The van der Waals surface area contributed by atoms with Crippen molar-refractivity contribution >= 4 is 21.8 Å². The first kappa shape index (κ1) is 22.0. The average molecular weight is 474 g/mol. The van der Waals surface area contributed by atoms with Crippen LogP contribution < -0.4 is 0 Å². The van der Waals surface area contributed by atoms with Gasteiger partial charge in [0.2, 0.25) is 0 Å². The van der Waals surface area contributed by atoms with Gasteiger partial charge in [-0.1, -0.05) is 23.4 Å². The van der Waals surface area contributed by atoms with Gasteiger partial charge in [-0.2, -0.15) is 26.3 Å². The predicted octanol–water partition coefficient (Wildman–Crippen LogP) is 7.10. The summed E-state index contributed by atoms with van der Waals surface area (Å²) < 4.78 is 83.5. The van der Waals surface area contributed by atoms with Crippen LogP contribution in [0.3, 0.4) is 0 Å². The fourth-order valence-corrected chi connectivity index (χ4v) is 4.24. The third kappa shape index (κ3) is 3.59. The quantitative estimate of drug-likeness (QED) is 0.262. The number of alkyl halides is 6. The predicted molar refractivity (Wildman–Crippen MR) is 115 cm³/mol. The molecule has 4 nitrogen and oxygen atoms in total. The summed E-state index contributed by atoms with van der Waals surface area (Å²) >= 11 is 0. The highest BCUT2D eigenvalue weighted by Crippen LogP contribution is 2.39. The molecule has 0 aliphatic rings. The number of nitrogens with zero attached hydrogens (tertiary/aromatic N) is 4. The Kier molecular flexibility index (Phi) is 4.92. The highest BCUT2D eigenvalue weighted by atomic mass is 19.4. The van der Waals surface area contributed by atoms with Crippen molar-refractivity contribution in [2.75, 3.05) is 0 Å². The molecule has 0 saturated carbocycles. The molecule has 0 unspecified atom stereocenters. The number of fused-ring (bicyclic) bond motifs is 3. The van der Waals surface area contributed by atoms with E-state index >= 15 is 0 Å². The van der Waals surface area contributed by atoms with E-state index in [1.54, 1.807) is 12.1 Å². The third-order valence-corrected chi connectivity index (χ3v) is 5.75. The molecule has 5 rings (SSSR count). The Morgan fingerprint density at radius 1 is 0.765 bits per heavy atom. The molecule has 0 atom stereocenters. The van der Waals surface area contributed by atoms with Gasteiger partial charge in [0.05, 0.1) is 28.7 Å². The minimum Gasteiger partial charge on any atom is -0.341 e. The van der Waals surface area contributed by atoms with Crippen LogP contribution in [0.25, 0.3) is 38.8 Å². The van der Waals surface area contributed by atoms with Crippen molar-refractivity contribution in [1.29, 1.82) is 0 Å². The van der Waals surface area contributed by atoms with Gasteiger partial charge in [-0.15, -0.1) is 5.10 Å². The number of aromatic nitrogens is 4. The molecule has 0 fully saturated rings. The zero-order chi connectivity index (χ0) is 24.3.